The minimum atomic E-state index is -0.525. The van der Waals surface area contributed by atoms with Crippen LogP contribution in [0.3, 0.4) is 0 Å². The molecule has 0 aliphatic carbocycles. The van der Waals surface area contributed by atoms with Crippen LogP contribution in [0.15, 0.2) is 40.2 Å². The molecule has 3 heterocycles. The van der Waals surface area contributed by atoms with Gasteiger partial charge in [0, 0.05) is 45.1 Å². The lowest BCUT2D eigenvalue weighted by atomic mass is 10.2. The molecule has 0 spiro atoms. The highest BCUT2D eigenvalue weighted by Gasteiger charge is 2.22. The minimum Gasteiger partial charge on any atom is -0.372 e. The first-order chi connectivity index (χ1) is 13.3. The zero-order valence-electron chi connectivity index (χ0n) is 16.3. The molecule has 2 atom stereocenters. The van der Waals surface area contributed by atoms with Crippen LogP contribution in [0.2, 0.25) is 0 Å². The number of carbonyl (C=O) groups excluding carboxylic acids is 1. The van der Waals surface area contributed by atoms with E-state index in [9.17, 15) is 14.4 Å². The summed E-state index contributed by atoms with van der Waals surface area (Å²) in [5.74, 6) is 0.564. The Kier molecular flexibility index (Phi) is 5.93. The van der Waals surface area contributed by atoms with Crippen molar-refractivity contribution in [3.05, 3.63) is 57.0 Å². The Morgan fingerprint density at radius 2 is 1.93 bits per heavy atom. The molecule has 1 N–H and O–H groups in total. The number of morpholine rings is 1. The summed E-state index contributed by atoms with van der Waals surface area (Å²) in [4.78, 5) is 42.2. The number of nitrogens with one attached hydrogen (secondary N) is 1. The summed E-state index contributed by atoms with van der Waals surface area (Å²) in [6.45, 7) is 5.83. The van der Waals surface area contributed by atoms with Crippen LogP contribution in [-0.4, -0.2) is 45.3 Å². The molecule has 1 aliphatic rings. The Labute approximate surface area is 162 Å². The van der Waals surface area contributed by atoms with E-state index in [-0.39, 0.29) is 24.7 Å². The number of hydrogen-bond donors (Lipinski definition) is 1. The van der Waals surface area contributed by atoms with Gasteiger partial charge < -0.3 is 15.0 Å². The number of hydrogen-bond acceptors (Lipinski definition) is 6. The molecule has 1 aliphatic heterocycles. The number of ether oxygens (including phenoxy) is 1. The number of rotatable bonds is 5. The molecule has 9 nitrogen and oxygen atoms in total. The van der Waals surface area contributed by atoms with E-state index < -0.39 is 11.2 Å². The van der Waals surface area contributed by atoms with Crippen molar-refractivity contribution < 1.29 is 9.53 Å². The number of carbonyl (C=O) groups is 1. The monoisotopic (exact) mass is 387 g/mol. The minimum absolute atomic E-state index is 0.151. The maximum Gasteiger partial charge on any atom is 0.331 e. The maximum atomic E-state index is 12.1. The first-order valence-electron chi connectivity index (χ1n) is 9.22. The molecule has 0 bridgehead atoms. The fraction of sp³-hybridized carbons (Fsp3) is 0.474. The SMILES string of the molecule is CC1CN(c2ccc(CNC(=O)Cn3ccc(=O)n(C)c3=O)cn2)CC(C)O1. The summed E-state index contributed by atoms with van der Waals surface area (Å²) in [7, 11) is 1.38. The van der Waals surface area contributed by atoms with Crippen LogP contribution in [0.25, 0.3) is 0 Å². The van der Waals surface area contributed by atoms with Crippen molar-refractivity contribution in [2.75, 3.05) is 18.0 Å². The third-order valence-electron chi connectivity index (χ3n) is 4.62. The Balaban J connectivity index is 1.56. The second-order valence-electron chi connectivity index (χ2n) is 7.09. The van der Waals surface area contributed by atoms with E-state index in [0.717, 1.165) is 29.0 Å². The number of pyridine rings is 1. The van der Waals surface area contributed by atoms with Gasteiger partial charge in [-0.1, -0.05) is 6.07 Å². The van der Waals surface area contributed by atoms with Crippen LogP contribution in [0.4, 0.5) is 5.82 Å². The third kappa shape index (κ3) is 4.66. The second-order valence-corrected chi connectivity index (χ2v) is 7.09. The van der Waals surface area contributed by atoms with Crippen LogP contribution in [0.5, 0.6) is 0 Å². The molecule has 2 aromatic heterocycles. The van der Waals surface area contributed by atoms with Crippen molar-refractivity contribution in [1.82, 2.24) is 19.4 Å². The summed E-state index contributed by atoms with van der Waals surface area (Å²) in [6, 6.07) is 5.11. The van der Waals surface area contributed by atoms with E-state index >= 15 is 0 Å². The molecule has 2 unspecified atom stereocenters. The highest BCUT2D eigenvalue weighted by atomic mass is 16.5. The molecule has 1 amide bonds. The first kappa shape index (κ1) is 19.8. The second kappa shape index (κ2) is 8.39. The van der Waals surface area contributed by atoms with Crippen LogP contribution < -0.4 is 21.5 Å². The van der Waals surface area contributed by atoms with Crippen LogP contribution in [0, 0.1) is 0 Å². The van der Waals surface area contributed by atoms with Gasteiger partial charge in [0.2, 0.25) is 5.91 Å². The van der Waals surface area contributed by atoms with Crippen molar-refractivity contribution >= 4 is 11.7 Å². The summed E-state index contributed by atoms with van der Waals surface area (Å²) < 4.78 is 7.89. The average molecular weight is 387 g/mol. The lowest BCUT2D eigenvalue weighted by molar-refractivity contribution is -0.121. The summed E-state index contributed by atoms with van der Waals surface area (Å²) in [5.41, 5.74) is -0.0706. The molecule has 0 saturated carbocycles. The van der Waals surface area contributed by atoms with Gasteiger partial charge in [-0.15, -0.1) is 0 Å². The molecular weight excluding hydrogens is 362 g/mol. The number of nitrogens with zero attached hydrogens (tertiary/aromatic N) is 4. The molecule has 3 rings (SSSR count). The van der Waals surface area contributed by atoms with Gasteiger partial charge in [0.05, 0.1) is 12.2 Å². The topological polar surface area (TPSA) is 98.5 Å². The Morgan fingerprint density at radius 1 is 1.21 bits per heavy atom. The Bertz CT molecular complexity index is 940. The molecule has 2 aromatic rings. The standard InChI is InChI=1S/C19H25N5O4/c1-13-10-24(11-14(2)28-13)16-5-4-15(8-20-16)9-21-17(25)12-23-7-6-18(26)22(3)19(23)27/h4-8,13-14H,9-12H2,1-3H3,(H,21,25). The number of anilines is 1. The zero-order chi connectivity index (χ0) is 20.3. The predicted octanol–water partition coefficient (Wildman–Crippen LogP) is -0.128. The number of aromatic nitrogens is 3. The Hall–Kier alpha value is -2.94. The first-order valence-corrected chi connectivity index (χ1v) is 9.22. The van der Waals surface area contributed by atoms with Crippen molar-refractivity contribution in [3.63, 3.8) is 0 Å². The maximum absolute atomic E-state index is 12.1. The molecule has 0 aromatic carbocycles. The average Bonchev–Trinajstić information content (AvgIpc) is 2.66. The summed E-state index contributed by atoms with van der Waals surface area (Å²) in [6.07, 6.45) is 3.37. The van der Waals surface area contributed by atoms with E-state index in [1.54, 1.807) is 6.20 Å². The van der Waals surface area contributed by atoms with Crippen molar-refractivity contribution in [3.8, 4) is 0 Å². The number of amides is 1. The van der Waals surface area contributed by atoms with Crippen molar-refractivity contribution in [1.29, 1.82) is 0 Å². The lowest BCUT2D eigenvalue weighted by Gasteiger charge is -2.36. The highest BCUT2D eigenvalue weighted by Crippen LogP contribution is 2.18. The van der Waals surface area contributed by atoms with E-state index in [0.29, 0.717) is 6.54 Å². The van der Waals surface area contributed by atoms with Gasteiger partial charge in [-0.3, -0.25) is 18.7 Å². The molecule has 1 fully saturated rings. The van der Waals surface area contributed by atoms with E-state index in [4.69, 9.17) is 4.74 Å². The van der Waals surface area contributed by atoms with Gasteiger partial charge in [0.25, 0.3) is 5.56 Å². The van der Waals surface area contributed by atoms with Gasteiger partial charge in [-0.05, 0) is 25.5 Å². The molecule has 9 heteroatoms. The van der Waals surface area contributed by atoms with E-state index in [2.05, 4.69) is 15.2 Å². The van der Waals surface area contributed by atoms with Crippen molar-refractivity contribution in [2.24, 2.45) is 7.05 Å². The van der Waals surface area contributed by atoms with Gasteiger partial charge in [0.1, 0.15) is 12.4 Å². The molecular formula is C19H25N5O4. The third-order valence-corrected chi connectivity index (χ3v) is 4.62. The quantitative estimate of drug-likeness (QED) is 0.768. The van der Waals surface area contributed by atoms with Crippen molar-refractivity contribution in [2.45, 2.75) is 39.1 Å². The summed E-state index contributed by atoms with van der Waals surface area (Å²) in [5, 5.41) is 2.76. The van der Waals surface area contributed by atoms with Crippen LogP contribution in [-0.2, 0) is 29.7 Å². The van der Waals surface area contributed by atoms with Gasteiger partial charge in [-0.25, -0.2) is 9.78 Å². The molecule has 1 saturated heterocycles. The fourth-order valence-corrected chi connectivity index (χ4v) is 3.22. The van der Waals surface area contributed by atoms with Gasteiger partial charge in [0.15, 0.2) is 0 Å². The van der Waals surface area contributed by atoms with Gasteiger partial charge >= 0.3 is 5.69 Å². The predicted molar refractivity (Wildman–Crippen MR) is 104 cm³/mol. The van der Waals surface area contributed by atoms with Crippen LogP contribution >= 0.6 is 0 Å². The van der Waals surface area contributed by atoms with Crippen LogP contribution in [0.1, 0.15) is 19.4 Å². The fourth-order valence-electron chi connectivity index (χ4n) is 3.22. The largest absolute Gasteiger partial charge is 0.372 e. The Morgan fingerprint density at radius 3 is 2.57 bits per heavy atom. The molecule has 28 heavy (non-hydrogen) atoms. The molecule has 0 radical (unpaired) electrons. The zero-order valence-corrected chi connectivity index (χ0v) is 16.3. The van der Waals surface area contributed by atoms with E-state index in [1.807, 2.05) is 26.0 Å². The molecule has 150 valence electrons. The van der Waals surface area contributed by atoms with Gasteiger partial charge in [-0.2, -0.15) is 0 Å². The normalized spacial score (nSPS) is 19.5. The highest BCUT2D eigenvalue weighted by molar-refractivity contribution is 5.75. The smallest absolute Gasteiger partial charge is 0.331 e. The van der Waals surface area contributed by atoms with E-state index in [1.165, 1.54) is 23.9 Å². The summed E-state index contributed by atoms with van der Waals surface area (Å²) >= 11 is 0. The lowest BCUT2D eigenvalue weighted by Crippen LogP contribution is -2.45.